The molecule has 7 aromatic rings. The van der Waals surface area contributed by atoms with Crippen molar-refractivity contribution in [1.82, 2.24) is 0 Å². The Hall–Kier alpha value is -6.14. The molecule has 8 rings (SSSR count). The van der Waals surface area contributed by atoms with Gasteiger partial charge in [-0.05, 0) is 120 Å². The highest BCUT2D eigenvalue weighted by molar-refractivity contribution is 6.29. The minimum absolute atomic E-state index is 0.556. The van der Waals surface area contributed by atoms with Crippen molar-refractivity contribution in [2.24, 2.45) is 0 Å². The molecule has 0 saturated carbocycles. The summed E-state index contributed by atoms with van der Waals surface area (Å²) in [5.74, 6) is 0. The minimum atomic E-state index is -4.51. The van der Waals surface area contributed by atoms with Crippen molar-refractivity contribution in [3.8, 4) is 55.6 Å². The summed E-state index contributed by atoms with van der Waals surface area (Å²) in [5.41, 5.74) is 8.78. The number of hydrogen-bond acceptors (Lipinski definition) is 0. The SMILES string of the molecule is C=C/C=C(\C=C/C)c1c2c(c(-c3ccccc3)c3ccccc13)-c1ccc(-c3ccc(C(F)(F)F)cc3)c3c(-c4ccc(C(F)(F)F)cc4)ccc-2c13. The van der Waals surface area contributed by atoms with Crippen molar-refractivity contribution in [3.63, 3.8) is 0 Å². The molecule has 1 aliphatic carbocycles. The Morgan fingerprint density at radius 2 is 0.962 bits per heavy atom. The van der Waals surface area contributed by atoms with Crippen LogP contribution in [0.5, 0.6) is 0 Å². The first-order chi connectivity index (χ1) is 25.5. The van der Waals surface area contributed by atoms with Crippen molar-refractivity contribution in [2.45, 2.75) is 19.3 Å². The van der Waals surface area contributed by atoms with Gasteiger partial charge in [0.05, 0.1) is 11.1 Å². The van der Waals surface area contributed by atoms with E-state index in [0.29, 0.717) is 22.3 Å². The van der Waals surface area contributed by atoms with Crippen molar-refractivity contribution in [3.05, 3.63) is 175 Å². The first-order valence-corrected chi connectivity index (χ1v) is 17.1. The zero-order valence-electron chi connectivity index (χ0n) is 28.4. The quantitative estimate of drug-likeness (QED) is 0.119. The summed E-state index contributed by atoms with van der Waals surface area (Å²) >= 11 is 0. The van der Waals surface area contributed by atoms with E-state index < -0.39 is 23.5 Å². The van der Waals surface area contributed by atoms with Crippen LogP contribution in [0.3, 0.4) is 0 Å². The van der Waals surface area contributed by atoms with Crippen molar-refractivity contribution in [1.29, 1.82) is 0 Å². The van der Waals surface area contributed by atoms with Crippen LogP contribution in [-0.2, 0) is 12.4 Å². The van der Waals surface area contributed by atoms with Crippen molar-refractivity contribution >= 4 is 27.1 Å². The summed E-state index contributed by atoms with van der Waals surface area (Å²) in [5, 5.41) is 3.70. The number of rotatable bonds is 6. The van der Waals surface area contributed by atoms with Crippen LogP contribution in [0.2, 0.25) is 0 Å². The van der Waals surface area contributed by atoms with Gasteiger partial charge in [-0.2, -0.15) is 26.3 Å². The molecule has 0 N–H and O–H groups in total. The molecule has 0 aliphatic heterocycles. The predicted octanol–water partition coefficient (Wildman–Crippen LogP) is 14.8. The molecule has 0 nitrogen and oxygen atoms in total. The average Bonchev–Trinajstić information content (AvgIpc) is 3.48. The van der Waals surface area contributed by atoms with Crippen molar-refractivity contribution in [2.75, 3.05) is 0 Å². The normalized spacial score (nSPS) is 12.9. The molecule has 0 atom stereocenters. The fraction of sp³-hybridized carbons (Fsp3) is 0.0638. The molecule has 0 amide bonds. The molecule has 0 spiro atoms. The number of alkyl halides is 6. The first-order valence-electron chi connectivity index (χ1n) is 17.1. The summed E-state index contributed by atoms with van der Waals surface area (Å²) in [4.78, 5) is 0. The van der Waals surface area contributed by atoms with Gasteiger partial charge >= 0.3 is 12.4 Å². The Kier molecular flexibility index (Phi) is 8.22. The zero-order valence-corrected chi connectivity index (χ0v) is 28.4. The van der Waals surface area contributed by atoms with E-state index in [1.165, 1.54) is 24.3 Å². The molecule has 1 aliphatic rings. The molecule has 0 unspecified atom stereocenters. The standard InChI is InChI=1S/C47H30F6/c1-3-10-30(11-4-2)40-36-14-8-9-15-37(36)41(31-12-6-5-7-13-31)45-39-27-25-35(29-18-22-33(23-19-29)47(51,52)53)42-34(24-26-38(43(39)42)44(40)45)28-16-20-32(21-17-28)46(48,49)50/h3-27H,1H2,2H3/b11-4-,30-10+. The average molecular weight is 709 g/mol. The summed E-state index contributed by atoms with van der Waals surface area (Å²) in [6.45, 7) is 5.97. The number of fused-ring (bicyclic) bond motifs is 4. The lowest BCUT2D eigenvalue weighted by Gasteiger charge is -2.20. The highest BCUT2D eigenvalue weighted by Crippen LogP contribution is 2.59. The van der Waals surface area contributed by atoms with Crippen LogP contribution in [0.4, 0.5) is 26.3 Å². The van der Waals surface area contributed by atoms with Gasteiger partial charge < -0.3 is 0 Å². The third kappa shape index (κ3) is 5.66. The van der Waals surface area contributed by atoms with Crippen molar-refractivity contribution < 1.29 is 26.3 Å². The van der Waals surface area contributed by atoms with E-state index in [9.17, 15) is 26.3 Å². The molecule has 0 saturated heterocycles. The monoisotopic (exact) mass is 708 g/mol. The fourth-order valence-electron chi connectivity index (χ4n) is 7.78. The lowest BCUT2D eigenvalue weighted by molar-refractivity contribution is -0.138. The second-order valence-corrected chi connectivity index (χ2v) is 13.0. The largest absolute Gasteiger partial charge is 0.416 e. The number of halogens is 6. The zero-order chi connectivity index (χ0) is 37.1. The maximum atomic E-state index is 13.7. The summed E-state index contributed by atoms with van der Waals surface area (Å²) in [6.07, 6.45) is -1.25. The van der Waals surface area contributed by atoms with Gasteiger partial charge in [0.25, 0.3) is 0 Å². The number of hydrogen-bond donors (Lipinski definition) is 0. The summed E-state index contributed by atoms with van der Waals surface area (Å²) in [6, 6.07) is 36.4. The van der Waals surface area contributed by atoms with Crippen LogP contribution >= 0.6 is 0 Å². The van der Waals surface area contributed by atoms with Gasteiger partial charge in [0.15, 0.2) is 0 Å². The third-order valence-corrected chi connectivity index (χ3v) is 9.96. The topological polar surface area (TPSA) is 0 Å². The maximum Gasteiger partial charge on any atom is 0.416 e. The molecular formula is C47H30F6. The van der Waals surface area contributed by atoms with E-state index in [2.05, 4.69) is 36.9 Å². The Morgan fingerprint density at radius 3 is 1.47 bits per heavy atom. The van der Waals surface area contributed by atoms with Gasteiger partial charge in [0, 0.05) is 0 Å². The third-order valence-electron chi connectivity index (χ3n) is 9.96. The highest BCUT2D eigenvalue weighted by atomic mass is 19.4. The lowest BCUT2D eigenvalue weighted by atomic mass is 9.82. The van der Waals surface area contributed by atoms with Gasteiger partial charge in [0.1, 0.15) is 0 Å². The molecule has 0 fully saturated rings. The van der Waals surface area contributed by atoms with E-state index in [-0.39, 0.29) is 0 Å². The molecule has 260 valence electrons. The molecule has 0 radical (unpaired) electrons. The van der Waals surface area contributed by atoms with Crippen LogP contribution in [0.1, 0.15) is 23.6 Å². The molecule has 53 heavy (non-hydrogen) atoms. The van der Waals surface area contributed by atoms with Gasteiger partial charge in [-0.1, -0.05) is 134 Å². The highest BCUT2D eigenvalue weighted by Gasteiger charge is 2.34. The lowest BCUT2D eigenvalue weighted by Crippen LogP contribution is -2.04. The second kappa shape index (κ2) is 12.8. The van der Waals surface area contributed by atoms with E-state index in [1.54, 1.807) is 6.08 Å². The minimum Gasteiger partial charge on any atom is -0.166 e. The number of allylic oxidation sites excluding steroid dienone is 5. The van der Waals surface area contributed by atoms with E-state index in [1.807, 2.05) is 73.7 Å². The molecule has 0 heterocycles. The Bertz CT molecular complexity index is 2560. The molecule has 0 bridgehead atoms. The van der Waals surface area contributed by atoms with Gasteiger partial charge in [-0.15, -0.1) is 0 Å². The summed E-state index contributed by atoms with van der Waals surface area (Å²) in [7, 11) is 0. The van der Waals surface area contributed by atoms with Gasteiger partial charge in [-0.3, -0.25) is 0 Å². The second-order valence-electron chi connectivity index (χ2n) is 13.0. The van der Waals surface area contributed by atoms with Crippen LogP contribution in [0, 0.1) is 0 Å². The van der Waals surface area contributed by atoms with Crippen LogP contribution in [0.25, 0.3) is 82.8 Å². The molecule has 7 aromatic carbocycles. The molecular weight excluding hydrogens is 679 g/mol. The van der Waals surface area contributed by atoms with Crippen LogP contribution in [-0.4, -0.2) is 0 Å². The van der Waals surface area contributed by atoms with E-state index in [0.717, 1.165) is 90.3 Å². The summed E-state index contributed by atoms with van der Waals surface area (Å²) < 4.78 is 81.9. The predicted molar refractivity (Wildman–Crippen MR) is 205 cm³/mol. The smallest absolute Gasteiger partial charge is 0.166 e. The number of benzene rings is 7. The van der Waals surface area contributed by atoms with Gasteiger partial charge in [0.2, 0.25) is 0 Å². The Labute approximate surface area is 302 Å². The van der Waals surface area contributed by atoms with E-state index in [4.69, 9.17) is 0 Å². The van der Waals surface area contributed by atoms with Crippen LogP contribution < -0.4 is 0 Å². The maximum absolute atomic E-state index is 13.7. The molecule has 6 heteroatoms. The Morgan fingerprint density at radius 1 is 0.491 bits per heavy atom. The van der Waals surface area contributed by atoms with Crippen LogP contribution in [0.15, 0.2) is 158 Å². The first kappa shape index (κ1) is 34.0. The Balaban J connectivity index is 1.54. The van der Waals surface area contributed by atoms with E-state index >= 15 is 0 Å². The fourth-order valence-corrected chi connectivity index (χ4v) is 7.78. The molecule has 0 aromatic heterocycles. The van der Waals surface area contributed by atoms with Gasteiger partial charge in [-0.25, -0.2) is 0 Å².